The Labute approximate surface area is 88.7 Å². The average Bonchev–Trinajstić information content (AvgIpc) is 3.05. The van der Waals surface area contributed by atoms with Crippen molar-refractivity contribution in [2.45, 2.75) is 19.4 Å². The summed E-state index contributed by atoms with van der Waals surface area (Å²) >= 11 is 0. The first-order chi connectivity index (χ1) is 7.29. The first-order valence-corrected chi connectivity index (χ1v) is 5.19. The van der Waals surface area contributed by atoms with Gasteiger partial charge in [-0.1, -0.05) is 0 Å². The van der Waals surface area contributed by atoms with Gasteiger partial charge in [-0.05, 0) is 43.5 Å². The second-order valence-electron chi connectivity index (χ2n) is 3.99. The van der Waals surface area contributed by atoms with Gasteiger partial charge in [-0.3, -0.25) is 0 Å². The topological polar surface area (TPSA) is 35.8 Å². The van der Waals surface area contributed by atoms with Crippen LogP contribution in [0.1, 0.15) is 24.0 Å². The van der Waals surface area contributed by atoms with E-state index >= 15 is 0 Å². The first-order valence-electron chi connectivity index (χ1n) is 5.19. The largest absolute Gasteiger partial charge is 0.312 e. The maximum absolute atomic E-state index is 13.3. The molecule has 0 radical (unpaired) electrons. The number of halogens is 1. The SMILES string of the molecule is N#Cc1ccc(F)c(CNCC2CC2)c1. The molecule has 2 nitrogen and oxygen atoms in total. The van der Waals surface area contributed by atoms with Crippen molar-refractivity contribution in [1.29, 1.82) is 5.26 Å². The molecule has 0 saturated heterocycles. The monoisotopic (exact) mass is 204 g/mol. The van der Waals surface area contributed by atoms with Crippen LogP contribution in [-0.4, -0.2) is 6.54 Å². The summed E-state index contributed by atoms with van der Waals surface area (Å²) in [7, 11) is 0. The number of hydrogen-bond acceptors (Lipinski definition) is 2. The van der Waals surface area contributed by atoms with E-state index in [4.69, 9.17) is 5.26 Å². The maximum atomic E-state index is 13.3. The smallest absolute Gasteiger partial charge is 0.127 e. The molecule has 1 fully saturated rings. The maximum Gasteiger partial charge on any atom is 0.127 e. The predicted molar refractivity (Wildman–Crippen MR) is 55.5 cm³/mol. The summed E-state index contributed by atoms with van der Waals surface area (Å²) in [4.78, 5) is 0. The lowest BCUT2D eigenvalue weighted by Gasteiger charge is -2.05. The highest BCUT2D eigenvalue weighted by atomic mass is 19.1. The van der Waals surface area contributed by atoms with E-state index < -0.39 is 0 Å². The molecule has 1 N–H and O–H groups in total. The van der Waals surface area contributed by atoms with E-state index in [1.807, 2.05) is 6.07 Å². The third kappa shape index (κ3) is 2.77. The van der Waals surface area contributed by atoms with Crippen molar-refractivity contribution in [3.8, 4) is 6.07 Å². The van der Waals surface area contributed by atoms with Crippen LogP contribution >= 0.6 is 0 Å². The van der Waals surface area contributed by atoms with Crippen molar-refractivity contribution >= 4 is 0 Å². The molecule has 0 aromatic heterocycles. The van der Waals surface area contributed by atoms with E-state index in [1.165, 1.54) is 25.0 Å². The van der Waals surface area contributed by atoms with Gasteiger partial charge in [0.1, 0.15) is 5.82 Å². The Morgan fingerprint density at radius 3 is 2.93 bits per heavy atom. The standard InChI is InChI=1S/C12H13FN2/c13-12-4-3-10(6-14)5-11(12)8-15-7-9-1-2-9/h3-5,9,15H,1-2,7-8H2. The van der Waals surface area contributed by atoms with Gasteiger partial charge in [0.15, 0.2) is 0 Å². The van der Waals surface area contributed by atoms with E-state index in [1.54, 1.807) is 6.07 Å². The van der Waals surface area contributed by atoms with E-state index in [9.17, 15) is 4.39 Å². The normalized spacial score (nSPS) is 14.9. The molecule has 1 saturated carbocycles. The highest BCUT2D eigenvalue weighted by Gasteiger charge is 2.20. The summed E-state index contributed by atoms with van der Waals surface area (Å²) in [5.74, 6) is 0.546. The molecule has 0 atom stereocenters. The van der Waals surface area contributed by atoms with Crippen LogP contribution in [0.4, 0.5) is 4.39 Å². The van der Waals surface area contributed by atoms with Crippen LogP contribution in [0.15, 0.2) is 18.2 Å². The minimum Gasteiger partial charge on any atom is -0.312 e. The van der Waals surface area contributed by atoms with Crippen LogP contribution in [0.25, 0.3) is 0 Å². The molecule has 0 amide bonds. The summed E-state index contributed by atoms with van der Waals surface area (Å²) in [6.45, 7) is 1.47. The third-order valence-corrected chi connectivity index (χ3v) is 2.62. The number of nitrogens with one attached hydrogen (secondary N) is 1. The van der Waals surface area contributed by atoms with Gasteiger partial charge >= 0.3 is 0 Å². The number of hydrogen-bond donors (Lipinski definition) is 1. The van der Waals surface area contributed by atoms with Gasteiger partial charge in [-0.15, -0.1) is 0 Å². The zero-order chi connectivity index (χ0) is 10.7. The fourth-order valence-electron chi connectivity index (χ4n) is 1.51. The molecule has 3 heteroatoms. The number of nitriles is 1. The van der Waals surface area contributed by atoms with Gasteiger partial charge in [0, 0.05) is 12.1 Å². The zero-order valence-corrected chi connectivity index (χ0v) is 8.46. The van der Waals surface area contributed by atoms with Crippen molar-refractivity contribution in [2.24, 2.45) is 5.92 Å². The van der Waals surface area contributed by atoms with Crippen LogP contribution in [0.3, 0.4) is 0 Å². The lowest BCUT2D eigenvalue weighted by atomic mass is 10.1. The Bertz CT molecular complexity index is 391. The molecule has 1 aromatic rings. The molecule has 1 aliphatic rings. The Balaban J connectivity index is 1.95. The van der Waals surface area contributed by atoms with Gasteiger partial charge in [0.05, 0.1) is 11.6 Å². The molecule has 1 aliphatic carbocycles. The van der Waals surface area contributed by atoms with Crippen LogP contribution < -0.4 is 5.32 Å². The van der Waals surface area contributed by atoms with Crippen LogP contribution in [0.5, 0.6) is 0 Å². The van der Waals surface area contributed by atoms with Crippen molar-refractivity contribution in [3.05, 3.63) is 35.1 Å². The molecule has 78 valence electrons. The van der Waals surface area contributed by atoms with Gasteiger partial charge < -0.3 is 5.32 Å². The molecule has 2 rings (SSSR count). The third-order valence-electron chi connectivity index (χ3n) is 2.62. The zero-order valence-electron chi connectivity index (χ0n) is 8.46. The van der Waals surface area contributed by atoms with Gasteiger partial charge in [-0.2, -0.15) is 5.26 Å². The molecule has 0 unspecified atom stereocenters. The minimum absolute atomic E-state index is 0.239. The lowest BCUT2D eigenvalue weighted by molar-refractivity contribution is 0.577. The van der Waals surface area contributed by atoms with Crippen LogP contribution in [0.2, 0.25) is 0 Å². The highest BCUT2D eigenvalue weighted by molar-refractivity contribution is 5.33. The number of rotatable bonds is 4. The van der Waals surface area contributed by atoms with Gasteiger partial charge in [-0.25, -0.2) is 4.39 Å². The molecule has 15 heavy (non-hydrogen) atoms. The first kappa shape index (κ1) is 10.1. The fraction of sp³-hybridized carbons (Fsp3) is 0.417. The second kappa shape index (κ2) is 4.41. The fourth-order valence-corrected chi connectivity index (χ4v) is 1.51. The summed E-state index contributed by atoms with van der Waals surface area (Å²) < 4.78 is 13.3. The minimum atomic E-state index is -0.239. The summed E-state index contributed by atoms with van der Waals surface area (Å²) in [5.41, 5.74) is 1.09. The molecule has 1 aromatic carbocycles. The van der Waals surface area contributed by atoms with Crippen molar-refractivity contribution in [3.63, 3.8) is 0 Å². The molecule has 0 aliphatic heterocycles. The lowest BCUT2D eigenvalue weighted by Crippen LogP contribution is -2.17. The number of nitrogens with zero attached hydrogens (tertiary/aromatic N) is 1. The Hall–Kier alpha value is -1.40. The van der Waals surface area contributed by atoms with E-state index in [2.05, 4.69) is 5.32 Å². The van der Waals surface area contributed by atoms with Gasteiger partial charge in [0.25, 0.3) is 0 Å². The van der Waals surface area contributed by atoms with Gasteiger partial charge in [0.2, 0.25) is 0 Å². The average molecular weight is 204 g/mol. The highest BCUT2D eigenvalue weighted by Crippen LogP contribution is 2.27. The molecule has 0 bridgehead atoms. The van der Waals surface area contributed by atoms with Crippen LogP contribution in [0, 0.1) is 23.1 Å². The summed E-state index contributed by atoms with van der Waals surface area (Å²) in [5, 5.41) is 11.9. The van der Waals surface area contributed by atoms with Crippen molar-refractivity contribution in [1.82, 2.24) is 5.32 Å². The predicted octanol–water partition coefficient (Wildman–Crippen LogP) is 2.20. The quantitative estimate of drug-likeness (QED) is 0.816. The molecular weight excluding hydrogens is 191 g/mol. The van der Waals surface area contributed by atoms with Crippen LogP contribution in [-0.2, 0) is 6.54 Å². The molecular formula is C12H13FN2. The molecule has 0 heterocycles. The molecule has 0 spiro atoms. The Morgan fingerprint density at radius 1 is 1.47 bits per heavy atom. The number of benzene rings is 1. The Kier molecular flexibility index (Phi) is 2.98. The van der Waals surface area contributed by atoms with Crippen molar-refractivity contribution in [2.75, 3.05) is 6.54 Å². The Morgan fingerprint density at radius 2 is 2.27 bits per heavy atom. The summed E-state index contributed by atoms with van der Waals surface area (Å²) in [6, 6.07) is 6.47. The van der Waals surface area contributed by atoms with Crippen molar-refractivity contribution < 1.29 is 4.39 Å². The second-order valence-corrected chi connectivity index (χ2v) is 3.99. The van der Waals surface area contributed by atoms with E-state index in [0.717, 1.165) is 12.5 Å². The van der Waals surface area contributed by atoms with E-state index in [-0.39, 0.29) is 5.82 Å². The van der Waals surface area contributed by atoms with E-state index in [0.29, 0.717) is 17.7 Å². The summed E-state index contributed by atoms with van der Waals surface area (Å²) in [6.07, 6.45) is 2.57.